The fourth-order valence-corrected chi connectivity index (χ4v) is 4.02. The van der Waals surface area contributed by atoms with Crippen LogP contribution < -0.4 is 10.2 Å². The average Bonchev–Trinajstić information content (AvgIpc) is 3.08. The molecule has 2 unspecified atom stereocenters. The second kappa shape index (κ2) is 8.74. The lowest BCUT2D eigenvalue weighted by atomic mass is 10.1. The fraction of sp³-hybridized carbons (Fsp3) is 0.478. The van der Waals surface area contributed by atoms with E-state index in [-0.39, 0.29) is 23.7 Å². The molecule has 2 atom stereocenters. The molecule has 0 spiro atoms. The van der Waals surface area contributed by atoms with Crippen LogP contribution in [0.5, 0.6) is 0 Å². The van der Waals surface area contributed by atoms with Gasteiger partial charge >= 0.3 is 6.09 Å². The standard InChI is InChI=1S/C23H29N5O4/c1-23(2,3)32-22(31)28-10-8-27(9-11-28)20-14-24-18(13-25-20)21(30)26-17-12-19(29)16-7-5-4-6-15(16)17/h4-7,13-14,17,19,29H,8-12H2,1-3H3,(H,26,30). The first-order chi connectivity index (χ1) is 15.2. The summed E-state index contributed by atoms with van der Waals surface area (Å²) < 4.78 is 5.42. The van der Waals surface area contributed by atoms with Crippen LogP contribution in [-0.2, 0) is 4.74 Å². The van der Waals surface area contributed by atoms with Crippen LogP contribution in [0.3, 0.4) is 0 Å². The molecule has 0 saturated carbocycles. The van der Waals surface area contributed by atoms with E-state index in [0.717, 1.165) is 11.1 Å². The third-order valence-electron chi connectivity index (χ3n) is 5.62. The maximum absolute atomic E-state index is 12.7. The summed E-state index contributed by atoms with van der Waals surface area (Å²) in [7, 11) is 0. The number of ether oxygens (including phenoxy) is 1. The van der Waals surface area contributed by atoms with E-state index in [1.807, 2.05) is 49.9 Å². The van der Waals surface area contributed by atoms with Gasteiger partial charge in [0, 0.05) is 32.6 Å². The molecule has 2 heterocycles. The summed E-state index contributed by atoms with van der Waals surface area (Å²) in [5, 5.41) is 13.2. The van der Waals surface area contributed by atoms with E-state index in [4.69, 9.17) is 4.74 Å². The van der Waals surface area contributed by atoms with Crippen LogP contribution in [0.25, 0.3) is 0 Å². The Kier molecular flexibility index (Phi) is 6.01. The highest BCUT2D eigenvalue weighted by Gasteiger charge is 2.31. The van der Waals surface area contributed by atoms with E-state index in [0.29, 0.717) is 38.4 Å². The Labute approximate surface area is 187 Å². The lowest BCUT2D eigenvalue weighted by molar-refractivity contribution is 0.0240. The van der Waals surface area contributed by atoms with Crippen LogP contribution in [0.4, 0.5) is 10.6 Å². The Bertz CT molecular complexity index is 981. The second-order valence-electron chi connectivity index (χ2n) is 9.12. The van der Waals surface area contributed by atoms with Crippen molar-refractivity contribution >= 4 is 17.8 Å². The van der Waals surface area contributed by atoms with Crippen molar-refractivity contribution in [3.8, 4) is 0 Å². The van der Waals surface area contributed by atoms with Crippen LogP contribution in [0.2, 0.25) is 0 Å². The van der Waals surface area contributed by atoms with Gasteiger partial charge in [-0.15, -0.1) is 0 Å². The molecule has 9 nitrogen and oxygen atoms in total. The number of hydrogen-bond donors (Lipinski definition) is 2. The molecule has 2 N–H and O–H groups in total. The van der Waals surface area contributed by atoms with Crippen LogP contribution in [-0.4, -0.2) is 63.8 Å². The summed E-state index contributed by atoms with van der Waals surface area (Å²) in [5.41, 5.74) is 1.49. The maximum Gasteiger partial charge on any atom is 0.410 e. The molecule has 170 valence electrons. The summed E-state index contributed by atoms with van der Waals surface area (Å²) in [6, 6.07) is 7.32. The zero-order valence-corrected chi connectivity index (χ0v) is 18.6. The van der Waals surface area contributed by atoms with Crippen molar-refractivity contribution < 1.29 is 19.4 Å². The van der Waals surface area contributed by atoms with Crippen molar-refractivity contribution in [2.75, 3.05) is 31.1 Å². The van der Waals surface area contributed by atoms with Crippen LogP contribution >= 0.6 is 0 Å². The number of benzene rings is 1. The van der Waals surface area contributed by atoms with Crippen molar-refractivity contribution in [1.82, 2.24) is 20.2 Å². The van der Waals surface area contributed by atoms with Gasteiger partial charge in [0.15, 0.2) is 0 Å². The molecule has 1 aliphatic carbocycles. The number of anilines is 1. The zero-order valence-electron chi connectivity index (χ0n) is 18.6. The smallest absolute Gasteiger partial charge is 0.410 e. The van der Waals surface area contributed by atoms with Gasteiger partial charge in [0.2, 0.25) is 0 Å². The Morgan fingerprint density at radius 1 is 1.06 bits per heavy atom. The highest BCUT2D eigenvalue weighted by molar-refractivity contribution is 5.92. The van der Waals surface area contributed by atoms with Crippen LogP contribution in [0.1, 0.15) is 61.0 Å². The lowest BCUT2D eigenvalue weighted by Crippen LogP contribution is -2.50. The van der Waals surface area contributed by atoms with E-state index in [1.165, 1.54) is 6.20 Å². The predicted octanol–water partition coefficient (Wildman–Crippen LogP) is 2.44. The number of aromatic nitrogens is 2. The van der Waals surface area contributed by atoms with Gasteiger partial charge in [0.1, 0.15) is 17.1 Å². The molecular weight excluding hydrogens is 410 g/mol. The molecule has 0 radical (unpaired) electrons. The summed E-state index contributed by atoms with van der Waals surface area (Å²) in [6.07, 6.45) is 2.59. The fourth-order valence-electron chi connectivity index (χ4n) is 4.02. The van der Waals surface area contributed by atoms with Gasteiger partial charge in [-0.1, -0.05) is 24.3 Å². The summed E-state index contributed by atoms with van der Waals surface area (Å²) in [4.78, 5) is 37.3. The molecule has 1 saturated heterocycles. The number of aliphatic hydroxyl groups excluding tert-OH is 1. The molecule has 2 aromatic rings. The van der Waals surface area contributed by atoms with E-state index in [2.05, 4.69) is 15.3 Å². The van der Waals surface area contributed by atoms with E-state index < -0.39 is 11.7 Å². The van der Waals surface area contributed by atoms with Crippen molar-refractivity contribution in [2.45, 2.75) is 44.9 Å². The molecule has 2 aliphatic rings. The first-order valence-electron chi connectivity index (χ1n) is 10.8. The van der Waals surface area contributed by atoms with Gasteiger partial charge in [0.05, 0.1) is 24.5 Å². The average molecular weight is 440 g/mol. The lowest BCUT2D eigenvalue weighted by Gasteiger charge is -2.36. The van der Waals surface area contributed by atoms with Gasteiger partial charge in [-0.05, 0) is 31.9 Å². The number of nitrogens with one attached hydrogen (secondary N) is 1. The molecule has 1 fully saturated rings. The Morgan fingerprint density at radius 3 is 2.38 bits per heavy atom. The quantitative estimate of drug-likeness (QED) is 0.756. The number of fused-ring (bicyclic) bond motifs is 1. The van der Waals surface area contributed by atoms with Gasteiger partial charge in [0.25, 0.3) is 5.91 Å². The van der Waals surface area contributed by atoms with Crippen molar-refractivity contribution in [1.29, 1.82) is 0 Å². The zero-order chi connectivity index (χ0) is 22.9. The van der Waals surface area contributed by atoms with Gasteiger partial charge in [-0.3, -0.25) is 4.79 Å². The second-order valence-corrected chi connectivity index (χ2v) is 9.12. The number of aliphatic hydroxyl groups is 1. The number of carbonyl (C=O) groups is 2. The minimum atomic E-state index is -0.579. The normalized spacial score (nSPS) is 20.6. The summed E-state index contributed by atoms with van der Waals surface area (Å²) in [5.74, 6) is 0.333. The highest BCUT2D eigenvalue weighted by atomic mass is 16.6. The Balaban J connectivity index is 1.33. The van der Waals surface area contributed by atoms with Gasteiger partial charge in [-0.25, -0.2) is 14.8 Å². The van der Waals surface area contributed by atoms with E-state index in [1.54, 1.807) is 11.1 Å². The monoisotopic (exact) mass is 439 g/mol. The minimum Gasteiger partial charge on any atom is -0.444 e. The molecule has 4 rings (SSSR count). The predicted molar refractivity (Wildman–Crippen MR) is 118 cm³/mol. The molecule has 0 bridgehead atoms. The minimum absolute atomic E-state index is 0.222. The van der Waals surface area contributed by atoms with Crippen molar-refractivity contribution in [3.63, 3.8) is 0 Å². The molecule has 1 aliphatic heterocycles. The largest absolute Gasteiger partial charge is 0.444 e. The Hall–Kier alpha value is -3.20. The molecule has 9 heteroatoms. The first-order valence-corrected chi connectivity index (χ1v) is 10.8. The molecular formula is C23H29N5O4. The van der Waals surface area contributed by atoms with Gasteiger partial charge < -0.3 is 25.0 Å². The van der Waals surface area contributed by atoms with Crippen molar-refractivity contribution in [2.24, 2.45) is 0 Å². The SMILES string of the molecule is CC(C)(C)OC(=O)N1CCN(c2cnc(C(=O)NC3CC(O)c4ccccc43)cn2)CC1. The number of carbonyl (C=O) groups excluding carboxylic acids is 2. The number of piperazine rings is 1. The number of hydrogen-bond acceptors (Lipinski definition) is 7. The third kappa shape index (κ3) is 4.83. The van der Waals surface area contributed by atoms with E-state index >= 15 is 0 Å². The summed E-state index contributed by atoms with van der Waals surface area (Å²) >= 11 is 0. The first kappa shape index (κ1) is 22.0. The highest BCUT2D eigenvalue weighted by Crippen LogP contribution is 2.38. The maximum atomic E-state index is 12.7. The topological polar surface area (TPSA) is 108 Å². The third-order valence-corrected chi connectivity index (χ3v) is 5.62. The van der Waals surface area contributed by atoms with Crippen molar-refractivity contribution in [3.05, 3.63) is 53.5 Å². The summed E-state index contributed by atoms with van der Waals surface area (Å²) in [6.45, 7) is 7.82. The molecule has 2 amide bonds. The van der Waals surface area contributed by atoms with Crippen LogP contribution in [0.15, 0.2) is 36.7 Å². The number of amides is 2. The molecule has 1 aromatic heterocycles. The van der Waals surface area contributed by atoms with E-state index in [9.17, 15) is 14.7 Å². The van der Waals surface area contributed by atoms with Gasteiger partial charge in [-0.2, -0.15) is 0 Å². The number of nitrogens with zero attached hydrogens (tertiary/aromatic N) is 4. The number of rotatable bonds is 3. The Morgan fingerprint density at radius 2 is 1.75 bits per heavy atom. The van der Waals surface area contributed by atoms with Crippen LogP contribution in [0, 0.1) is 0 Å². The molecule has 1 aromatic carbocycles. The molecule has 32 heavy (non-hydrogen) atoms.